The van der Waals surface area contributed by atoms with Gasteiger partial charge in [-0.1, -0.05) is 0 Å². The zero-order valence-electron chi connectivity index (χ0n) is 13.2. The van der Waals surface area contributed by atoms with Gasteiger partial charge in [0.1, 0.15) is 11.5 Å². The SMILES string of the molecule is Cc1ccc(C(O)(CC(=O)N2CCOCC2(C)C)C(F)(F)F)o1. The molecule has 1 aromatic rings. The summed E-state index contributed by atoms with van der Waals surface area (Å²) in [5, 5.41) is 10.2. The molecule has 1 saturated heterocycles. The molecule has 0 radical (unpaired) electrons. The molecule has 1 aromatic heterocycles. The number of carbonyl (C=O) groups is 1. The molecule has 5 nitrogen and oxygen atoms in total. The Bertz CT molecular complexity index is 582. The van der Waals surface area contributed by atoms with Crippen LogP contribution in [0.15, 0.2) is 16.5 Å². The zero-order valence-corrected chi connectivity index (χ0v) is 13.2. The Hall–Kier alpha value is -1.54. The van der Waals surface area contributed by atoms with Gasteiger partial charge in [-0.05, 0) is 32.9 Å². The predicted octanol–water partition coefficient (Wildman–Crippen LogP) is 2.37. The lowest BCUT2D eigenvalue weighted by molar-refractivity contribution is -0.275. The lowest BCUT2D eigenvalue weighted by Crippen LogP contribution is -2.57. The molecule has 0 bridgehead atoms. The van der Waals surface area contributed by atoms with Gasteiger partial charge in [0, 0.05) is 6.54 Å². The number of nitrogens with zero attached hydrogens (tertiary/aromatic N) is 1. The van der Waals surface area contributed by atoms with Crippen LogP contribution >= 0.6 is 0 Å². The maximum Gasteiger partial charge on any atom is 0.425 e. The molecular formula is C15H20F3NO4. The number of carbonyl (C=O) groups excluding carboxylic acids is 1. The second-order valence-electron chi connectivity index (χ2n) is 6.36. The number of ether oxygens (including phenoxy) is 1. The third-order valence-electron chi connectivity index (χ3n) is 3.97. The number of halogens is 3. The van der Waals surface area contributed by atoms with E-state index in [9.17, 15) is 23.1 Å². The Kier molecular flexibility index (Phi) is 4.51. The molecule has 0 aromatic carbocycles. The van der Waals surface area contributed by atoms with Crippen molar-refractivity contribution in [2.75, 3.05) is 19.8 Å². The number of alkyl halides is 3. The Morgan fingerprint density at radius 3 is 2.52 bits per heavy atom. The summed E-state index contributed by atoms with van der Waals surface area (Å²) < 4.78 is 50.4. The summed E-state index contributed by atoms with van der Waals surface area (Å²) in [5.41, 5.74) is -4.09. The fourth-order valence-corrected chi connectivity index (χ4v) is 2.62. The van der Waals surface area contributed by atoms with Crippen LogP contribution in [0.25, 0.3) is 0 Å². The molecule has 130 valence electrons. The van der Waals surface area contributed by atoms with Crippen molar-refractivity contribution in [1.29, 1.82) is 0 Å². The van der Waals surface area contributed by atoms with E-state index in [0.717, 1.165) is 6.07 Å². The lowest BCUT2D eigenvalue weighted by Gasteiger charge is -2.43. The molecule has 1 fully saturated rings. The van der Waals surface area contributed by atoms with Crippen molar-refractivity contribution in [3.05, 3.63) is 23.7 Å². The van der Waals surface area contributed by atoms with Crippen molar-refractivity contribution < 1.29 is 32.2 Å². The highest BCUT2D eigenvalue weighted by atomic mass is 19.4. The van der Waals surface area contributed by atoms with E-state index in [4.69, 9.17) is 9.15 Å². The van der Waals surface area contributed by atoms with Crippen LogP contribution in [0.1, 0.15) is 31.8 Å². The number of furan rings is 1. The second kappa shape index (κ2) is 5.83. The summed E-state index contributed by atoms with van der Waals surface area (Å²) in [4.78, 5) is 13.7. The molecule has 1 aliphatic heterocycles. The van der Waals surface area contributed by atoms with Crippen molar-refractivity contribution in [2.45, 2.75) is 44.5 Å². The van der Waals surface area contributed by atoms with Crippen molar-refractivity contribution in [2.24, 2.45) is 0 Å². The van der Waals surface area contributed by atoms with Crippen LogP contribution < -0.4 is 0 Å². The number of morpholine rings is 1. The van der Waals surface area contributed by atoms with Gasteiger partial charge in [-0.25, -0.2) is 0 Å². The monoisotopic (exact) mass is 335 g/mol. The summed E-state index contributed by atoms with van der Waals surface area (Å²) >= 11 is 0. The first-order valence-electron chi connectivity index (χ1n) is 7.22. The summed E-state index contributed by atoms with van der Waals surface area (Å²) in [7, 11) is 0. The molecule has 1 atom stereocenters. The molecular weight excluding hydrogens is 315 g/mol. The van der Waals surface area contributed by atoms with Crippen LogP contribution in [0.5, 0.6) is 0 Å². The Balaban J connectivity index is 2.30. The molecule has 0 aliphatic carbocycles. The molecule has 2 heterocycles. The maximum atomic E-state index is 13.4. The fraction of sp³-hybridized carbons (Fsp3) is 0.667. The normalized spacial score (nSPS) is 21.1. The highest BCUT2D eigenvalue weighted by molar-refractivity contribution is 5.78. The van der Waals surface area contributed by atoms with E-state index in [0.29, 0.717) is 0 Å². The predicted molar refractivity (Wildman–Crippen MR) is 74.6 cm³/mol. The number of amides is 1. The maximum absolute atomic E-state index is 13.4. The lowest BCUT2D eigenvalue weighted by atomic mass is 9.93. The third-order valence-corrected chi connectivity index (χ3v) is 3.97. The summed E-state index contributed by atoms with van der Waals surface area (Å²) in [6.07, 6.45) is -6.17. The van der Waals surface area contributed by atoms with Crippen molar-refractivity contribution in [3.63, 3.8) is 0 Å². The van der Waals surface area contributed by atoms with Crippen LogP contribution in [0.3, 0.4) is 0 Å². The molecule has 1 aliphatic rings. The van der Waals surface area contributed by atoms with Gasteiger partial charge in [0.05, 0.1) is 25.2 Å². The standard InChI is InChI=1S/C15H20F3NO4/c1-10-4-5-11(23-10)14(21,15(16,17)18)8-12(20)19-6-7-22-9-13(19,2)3/h4-5,21H,6-9H2,1-3H3. The van der Waals surface area contributed by atoms with Gasteiger partial charge in [0.2, 0.25) is 11.5 Å². The van der Waals surface area contributed by atoms with Crippen LogP contribution in [-0.4, -0.2) is 47.4 Å². The van der Waals surface area contributed by atoms with Gasteiger partial charge in [-0.15, -0.1) is 0 Å². The first-order chi connectivity index (χ1) is 10.5. The van der Waals surface area contributed by atoms with E-state index < -0.39 is 35.4 Å². The van der Waals surface area contributed by atoms with Crippen LogP contribution in [0.2, 0.25) is 0 Å². The zero-order chi connectivity index (χ0) is 17.5. The first kappa shape index (κ1) is 17.8. The average molecular weight is 335 g/mol. The van der Waals surface area contributed by atoms with Crippen LogP contribution in [0, 0.1) is 6.92 Å². The van der Waals surface area contributed by atoms with Gasteiger partial charge in [-0.3, -0.25) is 4.79 Å². The third kappa shape index (κ3) is 3.37. The van der Waals surface area contributed by atoms with E-state index in [1.54, 1.807) is 13.8 Å². The highest BCUT2D eigenvalue weighted by Gasteiger charge is 2.59. The summed E-state index contributed by atoms with van der Waals surface area (Å²) in [5.74, 6) is -1.25. The van der Waals surface area contributed by atoms with E-state index in [1.165, 1.54) is 17.9 Å². The Labute approximate surface area is 132 Å². The quantitative estimate of drug-likeness (QED) is 0.921. The van der Waals surface area contributed by atoms with Crippen molar-refractivity contribution in [1.82, 2.24) is 4.90 Å². The molecule has 2 rings (SSSR count). The fourth-order valence-electron chi connectivity index (χ4n) is 2.62. The first-order valence-corrected chi connectivity index (χ1v) is 7.22. The average Bonchev–Trinajstić information content (AvgIpc) is 2.83. The van der Waals surface area contributed by atoms with Crippen LogP contribution in [0.4, 0.5) is 13.2 Å². The minimum absolute atomic E-state index is 0.178. The Morgan fingerprint density at radius 1 is 1.39 bits per heavy atom. The van der Waals surface area contributed by atoms with E-state index in [2.05, 4.69) is 0 Å². The number of hydrogen-bond acceptors (Lipinski definition) is 4. The molecule has 1 N–H and O–H groups in total. The number of aryl methyl sites for hydroxylation is 1. The largest absolute Gasteiger partial charge is 0.463 e. The topological polar surface area (TPSA) is 62.9 Å². The van der Waals surface area contributed by atoms with Gasteiger partial charge >= 0.3 is 6.18 Å². The molecule has 0 spiro atoms. The van der Waals surface area contributed by atoms with Crippen molar-refractivity contribution in [3.8, 4) is 0 Å². The van der Waals surface area contributed by atoms with E-state index in [1.807, 2.05) is 0 Å². The molecule has 0 saturated carbocycles. The Morgan fingerprint density at radius 2 is 2.04 bits per heavy atom. The minimum Gasteiger partial charge on any atom is -0.463 e. The molecule has 1 amide bonds. The molecule has 1 unspecified atom stereocenters. The highest BCUT2D eigenvalue weighted by Crippen LogP contribution is 2.43. The summed E-state index contributed by atoms with van der Waals surface area (Å²) in [6.45, 7) is 5.52. The number of aliphatic hydroxyl groups is 1. The second-order valence-corrected chi connectivity index (χ2v) is 6.36. The summed E-state index contributed by atoms with van der Waals surface area (Å²) in [6, 6.07) is 2.36. The van der Waals surface area contributed by atoms with Gasteiger partial charge in [0.25, 0.3) is 0 Å². The van der Waals surface area contributed by atoms with Crippen LogP contribution in [-0.2, 0) is 15.1 Å². The molecule has 8 heteroatoms. The minimum atomic E-state index is -5.04. The van der Waals surface area contributed by atoms with Gasteiger partial charge < -0.3 is 19.2 Å². The van der Waals surface area contributed by atoms with Gasteiger partial charge in [-0.2, -0.15) is 13.2 Å². The van der Waals surface area contributed by atoms with Crippen molar-refractivity contribution >= 4 is 5.91 Å². The molecule has 23 heavy (non-hydrogen) atoms. The number of hydrogen-bond donors (Lipinski definition) is 1. The van der Waals surface area contributed by atoms with E-state index in [-0.39, 0.29) is 25.5 Å². The van der Waals surface area contributed by atoms with Gasteiger partial charge in [0.15, 0.2) is 0 Å². The van der Waals surface area contributed by atoms with E-state index >= 15 is 0 Å². The smallest absolute Gasteiger partial charge is 0.425 e. The number of rotatable bonds is 3.